The van der Waals surface area contributed by atoms with Crippen LogP contribution in [-0.2, 0) is 16.1 Å². The fourth-order valence-corrected chi connectivity index (χ4v) is 2.49. The molecule has 0 fully saturated rings. The van der Waals surface area contributed by atoms with Crippen molar-refractivity contribution >= 4 is 32.7 Å². The van der Waals surface area contributed by atoms with E-state index in [2.05, 4.69) is 4.98 Å². The number of nitrogen functional groups attached to an aromatic ring is 1. The highest BCUT2D eigenvalue weighted by Gasteiger charge is 2.15. The zero-order chi connectivity index (χ0) is 13.1. The first-order valence-electron chi connectivity index (χ1n) is 5.50. The summed E-state index contributed by atoms with van der Waals surface area (Å²) < 4.78 is 11.1. The summed E-state index contributed by atoms with van der Waals surface area (Å²) in [5.41, 5.74) is 7.64. The second-order valence-electron chi connectivity index (χ2n) is 3.68. The van der Waals surface area contributed by atoms with Crippen molar-refractivity contribution in [2.45, 2.75) is 13.5 Å². The third-order valence-corrected chi connectivity index (χ3v) is 3.27. The highest BCUT2D eigenvalue weighted by Crippen LogP contribution is 2.27. The van der Waals surface area contributed by atoms with E-state index in [9.17, 15) is 4.79 Å². The fraction of sp³-hybridized carbons (Fsp3) is 0.333. The molecule has 0 amide bonds. The molecule has 0 atom stereocenters. The number of rotatable bonds is 4. The van der Waals surface area contributed by atoms with Crippen LogP contribution < -0.4 is 5.73 Å². The molecule has 1 aromatic carbocycles. The smallest absolute Gasteiger partial charge is 0.338 e. The number of nitrogens with zero attached hydrogens (tertiary/aromatic N) is 1. The van der Waals surface area contributed by atoms with Gasteiger partial charge in [0.1, 0.15) is 0 Å². The van der Waals surface area contributed by atoms with Crippen LogP contribution in [0, 0.1) is 0 Å². The van der Waals surface area contributed by atoms with Crippen molar-refractivity contribution in [2.75, 3.05) is 19.5 Å². The second-order valence-corrected chi connectivity index (χ2v) is 4.74. The van der Waals surface area contributed by atoms with Crippen LogP contribution in [0.25, 0.3) is 10.2 Å². The van der Waals surface area contributed by atoms with Crippen LogP contribution in [0.15, 0.2) is 12.1 Å². The zero-order valence-corrected chi connectivity index (χ0v) is 11.0. The van der Waals surface area contributed by atoms with Crippen LogP contribution in [0.2, 0.25) is 0 Å². The second kappa shape index (κ2) is 5.32. The van der Waals surface area contributed by atoms with Crippen molar-refractivity contribution < 1.29 is 14.3 Å². The third kappa shape index (κ3) is 2.44. The highest BCUT2D eigenvalue weighted by molar-refractivity contribution is 7.22. The number of hydrogen-bond acceptors (Lipinski definition) is 6. The molecule has 1 heterocycles. The number of nitrogens with two attached hydrogens (primary N) is 1. The largest absolute Gasteiger partial charge is 0.462 e. The molecule has 2 aromatic rings. The minimum absolute atomic E-state index is 0.336. The number of esters is 1. The predicted molar refractivity (Wildman–Crippen MR) is 70.7 cm³/mol. The van der Waals surface area contributed by atoms with E-state index >= 15 is 0 Å². The summed E-state index contributed by atoms with van der Waals surface area (Å²) >= 11 is 1.38. The normalized spacial score (nSPS) is 10.8. The molecule has 0 radical (unpaired) electrons. The van der Waals surface area contributed by atoms with Crippen molar-refractivity contribution in [3.05, 3.63) is 23.3 Å². The summed E-state index contributed by atoms with van der Waals surface area (Å²) in [7, 11) is 1.58. The van der Waals surface area contributed by atoms with E-state index in [1.54, 1.807) is 20.1 Å². The standard InChI is InChI=1S/C12H14N2O3S/c1-3-17-11(15)8-5-9-10(18-12(13)14-9)4-7(8)6-16-2/h4-5H,3,6H2,1-2H3,(H2,13,14). The summed E-state index contributed by atoms with van der Waals surface area (Å²) in [4.78, 5) is 16.0. The molecule has 5 nitrogen and oxygen atoms in total. The summed E-state index contributed by atoms with van der Waals surface area (Å²) in [5, 5.41) is 0.481. The van der Waals surface area contributed by atoms with Gasteiger partial charge >= 0.3 is 5.97 Å². The van der Waals surface area contributed by atoms with Crippen LogP contribution in [0.1, 0.15) is 22.8 Å². The lowest BCUT2D eigenvalue weighted by Gasteiger charge is -2.08. The van der Waals surface area contributed by atoms with E-state index in [1.807, 2.05) is 6.07 Å². The van der Waals surface area contributed by atoms with Crippen molar-refractivity contribution in [3.63, 3.8) is 0 Å². The average molecular weight is 266 g/mol. The number of thiazole rings is 1. The Labute approximate surface area is 109 Å². The molecule has 6 heteroatoms. The molecule has 0 aliphatic rings. The van der Waals surface area contributed by atoms with E-state index in [0.717, 1.165) is 10.3 Å². The zero-order valence-electron chi connectivity index (χ0n) is 10.2. The molecule has 0 aliphatic heterocycles. The van der Waals surface area contributed by atoms with Gasteiger partial charge in [-0.25, -0.2) is 9.78 Å². The first kappa shape index (κ1) is 12.8. The van der Waals surface area contributed by atoms with Gasteiger partial charge in [0.2, 0.25) is 0 Å². The molecule has 0 spiro atoms. The molecule has 0 bridgehead atoms. The number of hydrogen-bond donors (Lipinski definition) is 1. The number of ether oxygens (including phenoxy) is 2. The van der Waals surface area contributed by atoms with Crippen molar-refractivity contribution in [1.82, 2.24) is 4.98 Å². The molecule has 0 aliphatic carbocycles. The summed E-state index contributed by atoms with van der Waals surface area (Å²) in [5.74, 6) is -0.363. The van der Waals surface area contributed by atoms with Crippen LogP contribution in [0.5, 0.6) is 0 Å². The number of carbonyl (C=O) groups excluding carboxylic acids is 1. The lowest BCUT2D eigenvalue weighted by atomic mass is 10.1. The van der Waals surface area contributed by atoms with Crippen LogP contribution >= 0.6 is 11.3 Å². The van der Waals surface area contributed by atoms with Gasteiger partial charge in [-0.3, -0.25) is 0 Å². The van der Waals surface area contributed by atoms with Gasteiger partial charge in [0.05, 0.1) is 29.0 Å². The Morgan fingerprint density at radius 1 is 1.50 bits per heavy atom. The Hall–Kier alpha value is -1.66. The lowest BCUT2D eigenvalue weighted by Crippen LogP contribution is -2.08. The molecule has 0 unspecified atom stereocenters. The van der Waals surface area contributed by atoms with E-state index in [1.165, 1.54) is 11.3 Å². The number of methoxy groups -OCH3 is 1. The number of fused-ring (bicyclic) bond motifs is 1. The molecule has 1 aromatic heterocycles. The van der Waals surface area contributed by atoms with Crippen LogP contribution in [-0.4, -0.2) is 24.7 Å². The first-order chi connectivity index (χ1) is 8.65. The molecule has 2 rings (SSSR count). The van der Waals surface area contributed by atoms with Crippen molar-refractivity contribution in [1.29, 1.82) is 0 Å². The molecule has 0 saturated heterocycles. The molecular formula is C12H14N2O3S. The first-order valence-corrected chi connectivity index (χ1v) is 6.32. The molecule has 2 N–H and O–H groups in total. The summed E-state index contributed by atoms with van der Waals surface area (Å²) in [6.07, 6.45) is 0. The van der Waals surface area contributed by atoms with Gasteiger partial charge < -0.3 is 15.2 Å². The monoisotopic (exact) mass is 266 g/mol. The fourth-order valence-electron chi connectivity index (χ4n) is 1.71. The van der Waals surface area contributed by atoms with Crippen molar-refractivity contribution in [2.24, 2.45) is 0 Å². The maximum atomic E-state index is 11.9. The van der Waals surface area contributed by atoms with Gasteiger partial charge in [-0.05, 0) is 24.6 Å². The summed E-state index contributed by atoms with van der Waals surface area (Å²) in [6, 6.07) is 3.58. The van der Waals surface area contributed by atoms with E-state index in [-0.39, 0.29) is 5.97 Å². The number of aromatic nitrogens is 1. The Balaban J connectivity index is 2.53. The van der Waals surface area contributed by atoms with Crippen LogP contribution in [0.4, 0.5) is 5.13 Å². The lowest BCUT2D eigenvalue weighted by molar-refractivity contribution is 0.0522. The summed E-state index contributed by atoms with van der Waals surface area (Å²) in [6.45, 7) is 2.46. The Kier molecular flexibility index (Phi) is 3.78. The number of anilines is 1. The maximum Gasteiger partial charge on any atom is 0.338 e. The highest BCUT2D eigenvalue weighted by atomic mass is 32.1. The minimum Gasteiger partial charge on any atom is -0.462 e. The average Bonchev–Trinajstić information content (AvgIpc) is 2.68. The SMILES string of the molecule is CCOC(=O)c1cc2nc(N)sc2cc1COC. The van der Waals surface area contributed by atoms with Crippen molar-refractivity contribution in [3.8, 4) is 0 Å². The number of carbonyl (C=O) groups is 1. The molecular weight excluding hydrogens is 252 g/mol. The van der Waals surface area contributed by atoms with E-state index in [4.69, 9.17) is 15.2 Å². The van der Waals surface area contributed by atoms with Gasteiger partial charge in [0.15, 0.2) is 5.13 Å². The maximum absolute atomic E-state index is 11.9. The minimum atomic E-state index is -0.363. The quantitative estimate of drug-likeness (QED) is 0.859. The molecule has 18 heavy (non-hydrogen) atoms. The Morgan fingerprint density at radius 2 is 2.28 bits per heavy atom. The van der Waals surface area contributed by atoms with Gasteiger partial charge in [-0.15, -0.1) is 0 Å². The molecule has 0 saturated carbocycles. The van der Waals surface area contributed by atoms with Gasteiger partial charge in [0.25, 0.3) is 0 Å². The molecule has 96 valence electrons. The Bertz CT molecular complexity index is 580. The number of benzene rings is 1. The van der Waals surface area contributed by atoms with Gasteiger partial charge in [-0.1, -0.05) is 11.3 Å². The van der Waals surface area contributed by atoms with Gasteiger partial charge in [0, 0.05) is 7.11 Å². The van der Waals surface area contributed by atoms with Gasteiger partial charge in [-0.2, -0.15) is 0 Å². The topological polar surface area (TPSA) is 74.4 Å². The Morgan fingerprint density at radius 3 is 2.94 bits per heavy atom. The van der Waals surface area contributed by atoms with E-state index < -0.39 is 0 Å². The van der Waals surface area contributed by atoms with Crippen LogP contribution in [0.3, 0.4) is 0 Å². The third-order valence-electron chi connectivity index (χ3n) is 2.43. The predicted octanol–water partition coefficient (Wildman–Crippen LogP) is 2.20. The van der Waals surface area contributed by atoms with E-state index in [0.29, 0.717) is 29.4 Å².